The molecular formula is C12H16N4O. The van der Waals surface area contributed by atoms with E-state index in [1.807, 2.05) is 4.52 Å². The summed E-state index contributed by atoms with van der Waals surface area (Å²) in [5.41, 5.74) is 0.706. The molecule has 0 bridgehead atoms. The predicted octanol–water partition coefficient (Wildman–Crippen LogP) is 1.18. The van der Waals surface area contributed by atoms with Crippen molar-refractivity contribution >= 4 is 5.65 Å². The monoisotopic (exact) mass is 232 g/mol. The highest BCUT2D eigenvalue weighted by molar-refractivity contribution is 5.36. The number of aromatic nitrogens is 3. The molecule has 1 unspecified atom stereocenters. The van der Waals surface area contributed by atoms with Crippen molar-refractivity contribution in [2.24, 2.45) is 0 Å². The van der Waals surface area contributed by atoms with Gasteiger partial charge in [0, 0.05) is 18.3 Å². The van der Waals surface area contributed by atoms with Gasteiger partial charge in [0.15, 0.2) is 11.1 Å². The van der Waals surface area contributed by atoms with Crippen LogP contribution in [0.5, 0.6) is 0 Å². The summed E-state index contributed by atoms with van der Waals surface area (Å²) in [5, 5.41) is 3.25. The van der Waals surface area contributed by atoms with Crippen molar-refractivity contribution in [2.75, 3.05) is 13.1 Å². The SMILES string of the molecule is CCN1CCCC1c1nc2cc(=O)ccn2[nH]1. The van der Waals surface area contributed by atoms with E-state index in [1.54, 1.807) is 18.3 Å². The molecule has 1 aliphatic heterocycles. The van der Waals surface area contributed by atoms with Gasteiger partial charge in [-0.2, -0.15) is 0 Å². The highest BCUT2D eigenvalue weighted by atomic mass is 16.1. The van der Waals surface area contributed by atoms with Crippen molar-refractivity contribution in [3.05, 3.63) is 34.4 Å². The molecule has 1 N–H and O–H groups in total. The van der Waals surface area contributed by atoms with E-state index in [1.165, 1.54) is 6.42 Å². The van der Waals surface area contributed by atoms with Crippen molar-refractivity contribution in [3.63, 3.8) is 0 Å². The largest absolute Gasteiger partial charge is 0.294 e. The third-order valence-electron chi connectivity index (χ3n) is 3.46. The van der Waals surface area contributed by atoms with Gasteiger partial charge in [-0.25, -0.2) is 9.50 Å². The molecule has 1 aliphatic rings. The van der Waals surface area contributed by atoms with Crippen molar-refractivity contribution in [3.8, 4) is 0 Å². The molecule has 1 fully saturated rings. The fourth-order valence-corrected chi connectivity index (χ4v) is 2.59. The Morgan fingerprint density at radius 1 is 1.59 bits per heavy atom. The second-order valence-electron chi connectivity index (χ2n) is 4.49. The number of nitrogens with zero attached hydrogens (tertiary/aromatic N) is 3. The zero-order chi connectivity index (χ0) is 11.8. The van der Waals surface area contributed by atoms with Crippen LogP contribution in [0.25, 0.3) is 5.65 Å². The van der Waals surface area contributed by atoms with Crippen LogP contribution in [0, 0.1) is 0 Å². The Morgan fingerprint density at radius 3 is 3.29 bits per heavy atom. The van der Waals surface area contributed by atoms with Crippen LogP contribution in [0.15, 0.2) is 23.1 Å². The Balaban J connectivity index is 2.03. The van der Waals surface area contributed by atoms with E-state index in [2.05, 4.69) is 21.9 Å². The van der Waals surface area contributed by atoms with Crippen molar-refractivity contribution in [1.82, 2.24) is 19.5 Å². The smallest absolute Gasteiger partial charge is 0.183 e. The number of hydrogen-bond acceptors (Lipinski definition) is 3. The number of rotatable bonds is 2. The molecule has 0 aliphatic carbocycles. The molecule has 17 heavy (non-hydrogen) atoms. The first-order chi connectivity index (χ1) is 8.28. The standard InChI is InChI=1S/C12H16N4O/c1-2-15-6-3-4-10(15)12-13-11-8-9(17)5-7-16(11)14-12/h5,7-8,10H,2-4,6H2,1H3,(H,13,14). The Morgan fingerprint density at radius 2 is 2.47 bits per heavy atom. The molecule has 5 heteroatoms. The summed E-state index contributed by atoms with van der Waals surface area (Å²) >= 11 is 0. The van der Waals surface area contributed by atoms with E-state index in [0.29, 0.717) is 11.7 Å². The minimum atomic E-state index is 0.00168. The molecule has 0 radical (unpaired) electrons. The third-order valence-corrected chi connectivity index (χ3v) is 3.46. The average Bonchev–Trinajstić information content (AvgIpc) is 2.93. The molecule has 0 spiro atoms. The molecule has 0 aromatic carbocycles. The maximum absolute atomic E-state index is 11.3. The number of hydrogen-bond donors (Lipinski definition) is 1. The zero-order valence-electron chi connectivity index (χ0n) is 9.89. The van der Waals surface area contributed by atoms with Gasteiger partial charge in [0.05, 0.1) is 6.04 Å². The van der Waals surface area contributed by atoms with Gasteiger partial charge < -0.3 is 0 Å². The number of fused-ring (bicyclic) bond motifs is 1. The van der Waals surface area contributed by atoms with Crippen LogP contribution in [-0.4, -0.2) is 32.6 Å². The van der Waals surface area contributed by atoms with Gasteiger partial charge in [-0.05, 0) is 25.9 Å². The highest BCUT2D eigenvalue weighted by Crippen LogP contribution is 2.29. The summed E-state index contributed by atoms with van der Waals surface area (Å²) in [6.45, 7) is 4.35. The first kappa shape index (κ1) is 10.5. The summed E-state index contributed by atoms with van der Waals surface area (Å²) in [6.07, 6.45) is 4.09. The van der Waals surface area contributed by atoms with Gasteiger partial charge in [0.25, 0.3) is 0 Å². The lowest BCUT2D eigenvalue weighted by atomic mass is 10.2. The van der Waals surface area contributed by atoms with Crippen LogP contribution in [-0.2, 0) is 0 Å². The van der Waals surface area contributed by atoms with Gasteiger partial charge in [0.1, 0.15) is 5.82 Å². The first-order valence-corrected chi connectivity index (χ1v) is 6.10. The normalized spacial score (nSPS) is 21.4. The van der Waals surface area contributed by atoms with Crippen molar-refractivity contribution < 1.29 is 0 Å². The van der Waals surface area contributed by atoms with Crippen molar-refractivity contribution in [1.29, 1.82) is 0 Å². The van der Waals surface area contributed by atoms with E-state index in [0.717, 1.165) is 25.3 Å². The summed E-state index contributed by atoms with van der Waals surface area (Å²) in [7, 11) is 0. The van der Waals surface area contributed by atoms with Crippen LogP contribution in [0.1, 0.15) is 31.6 Å². The molecule has 1 atom stereocenters. The second kappa shape index (κ2) is 4.00. The van der Waals surface area contributed by atoms with Gasteiger partial charge in [0.2, 0.25) is 0 Å². The molecule has 90 valence electrons. The minimum Gasteiger partial charge on any atom is -0.294 e. The zero-order valence-corrected chi connectivity index (χ0v) is 9.89. The number of aromatic amines is 1. The van der Waals surface area contributed by atoms with Crippen molar-refractivity contribution in [2.45, 2.75) is 25.8 Å². The lowest BCUT2D eigenvalue weighted by molar-refractivity contribution is 0.262. The first-order valence-electron chi connectivity index (χ1n) is 6.10. The second-order valence-corrected chi connectivity index (χ2v) is 4.49. The summed E-state index contributed by atoms with van der Waals surface area (Å²) in [4.78, 5) is 18.2. The fourth-order valence-electron chi connectivity index (χ4n) is 2.59. The highest BCUT2D eigenvalue weighted by Gasteiger charge is 2.27. The van der Waals surface area contributed by atoms with Gasteiger partial charge in [-0.1, -0.05) is 6.92 Å². The topological polar surface area (TPSA) is 53.4 Å². The van der Waals surface area contributed by atoms with Crippen LogP contribution < -0.4 is 5.43 Å². The Labute approximate surface area is 99.1 Å². The summed E-state index contributed by atoms with van der Waals surface area (Å²) in [5.74, 6) is 0.968. The average molecular weight is 232 g/mol. The van der Waals surface area contributed by atoms with Crippen LogP contribution in [0.4, 0.5) is 0 Å². The van der Waals surface area contributed by atoms with Crippen LogP contribution in [0.2, 0.25) is 0 Å². The molecule has 0 amide bonds. The van der Waals surface area contributed by atoms with Crippen LogP contribution in [0.3, 0.4) is 0 Å². The molecule has 0 saturated carbocycles. The van der Waals surface area contributed by atoms with E-state index in [4.69, 9.17) is 0 Å². The molecule has 3 heterocycles. The molecule has 3 rings (SSSR count). The maximum atomic E-state index is 11.3. The maximum Gasteiger partial charge on any atom is 0.183 e. The Hall–Kier alpha value is -1.62. The van der Waals surface area contributed by atoms with Gasteiger partial charge in [-0.15, -0.1) is 0 Å². The quantitative estimate of drug-likeness (QED) is 0.846. The third kappa shape index (κ3) is 1.76. The van der Waals surface area contributed by atoms with E-state index >= 15 is 0 Å². The summed E-state index contributed by atoms with van der Waals surface area (Å²) in [6, 6.07) is 3.47. The van der Waals surface area contributed by atoms with Gasteiger partial charge in [-0.3, -0.25) is 14.8 Å². The van der Waals surface area contributed by atoms with E-state index < -0.39 is 0 Å². The predicted molar refractivity (Wildman–Crippen MR) is 65.0 cm³/mol. The lowest BCUT2D eigenvalue weighted by Gasteiger charge is -2.19. The van der Waals surface area contributed by atoms with E-state index in [-0.39, 0.29) is 5.43 Å². The van der Waals surface area contributed by atoms with Gasteiger partial charge >= 0.3 is 0 Å². The minimum absolute atomic E-state index is 0.00168. The van der Waals surface area contributed by atoms with E-state index in [9.17, 15) is 4.79 Å². The van der Waals surface area contributed by atoms with Crippen LogP contribution >= 0.6 is 0 Å². The molecular weight excluding hydrogens is 216 g/mol. The number of nitrogens with one attached hydrogen (secondary N) is 1. The lowest BCUT2D eigenvalue weighted by Crippen LogP contribution is -2.23. The Bertz CT molecular complexity index is 585. The fraction of sp³-hybridized carbons (Fsp3) is 0.500. The summed E-state index contributed by atoms with van der Waals surface area (Å²) < 4.78 is 1.81. The molecule has 1 saturated heterocycles. The molecule has 5 nitrogen and oxygen atoms in total. The number of likely N-dealkylation sites (tertiary alicyclic amines) is 1. The molecule has 2 aromatic rings. The number of H-pyrrole nitrogens is 1. The Kier molecular flexibility index (Phi) is 2.48. The number of pyridine rings is 1. The molecule has 2 aromatic heterocycles.